The van der Waals surface area contributed by atoms with Crippen molar-refractivity contribution in [1.29, 1.82) is 0 Å². The van der Waals surface area contributed by atoms with Gasteiger partial charge >= 0.3 is 0 Å². The first-order valence-electron chi connectivity index (χ1n) is 16.7. The largest absolute Gasteiger partial charge is 0.394 e. The van der Waals surface area contributed by atoms with E-state index in [1.807, 2.05) is 6.08 Å². The first-order chi connectivity index (χ1) is 21.2. The Morgan fingerprint density at radius 2 is 1.34 bits per heavy atom. The fourth-order valence-corrected chi connectivity index (χ4v) is 4.99. The average Bonchev–Trinajstić information content (AvgIpc) is 3.02. The van der Waals surface area contributed by atoms with E-state index in [9.17, 15) is 40.5 Å². The quantitative estimate of drug-likeness (QED) is 0.0549. The molecule has 1 aliphatic rings. The molecule has 8 N–H and O–H groups in total. The lowest BCUT2D eigenvalue weighted by atomic mass is 9.98. The van der Waals surface area contributed by atoms with Gasteiger partial charge in [0.2, 0.25) is 5.91 Å². The van der Waals surface area contributed by atoms with Gasteiger partial charge in [-0.05, 0) is 51.4 Å². The van der Waals surface area contributed by atoms with E-state index in [0.717, 1.165) is 57.8 Å². The van der Waals surface area contributed by atoms with Crippen molar-refractivity contribution in [2.24, 2.45) is 0 Å². The summed E-state index contributed by atoms with van der Waals surface area (Å²) in [6, 6.07) is -1.18. The van der Waals surface area contributed by atoms with Gasteiger partial charge < -0.3 is 50.5 Å². The summed E-state index contributed by atoms with van der Waals surface area (Å²) in [6.07, 6.45) is 10.1. The molecule has 0 bridgehead atoms. The molecule has 0 aromatic carbocycles. The summed E-state index contributed by atoms with van der Waals surface area (Å²) in [5, 5.41) is 74.5. The number of aliphatic hydroxyl groups excluding tert-OH is 7. The maximum atomic E-state index is 12.9. The molecule has 9 atom stereocenters. The van der Waals surface area contributed by atoms with E-state index in [1.54, 1.807) is 0 Å². The average molecular weight is 632 g/mol. The summed E-state index contributed by atoms with van der Waals surface area (Å²) >= 11 is 0. The highest BCUT2D eigenvalue weighted by Crippen LogP contribution is 2.23. The zero-order valence-electron chi connectivity index (χ0n) is 26.9. The summed E-state index contributed by atoms with van der Waals surface area (Å²) in [5.74, 6) is -0.726. The Bertz CT molecular complexity index is 780. The molecular weight excluding hydrogens is 570 g/mol. The van der Waals surface area contributed by atoms with Gasteiger partial charge in [0.15, 0.2) is 6.29 Å². The maximum absolute atomic E-state index is 12.9. The van der Waals surface area contributed by atoms with E-state index in [2.05, 4.69) is 37.4 Å². The lowest BCUT2D eigenvalue weighted by Crippen LogP contribution is -2.60. The molecule has 258 valence electrons. The molecule has 1 heterocycles. The molecule has 0 aromatic heterocycles. The number of unbranched alkanes of at least 4 members (excludes halogenated alkanes) is 9. The van der Waals surface area contributed by atoms with Crippen LogP contribution in [0.1, 0.15) is 110 Å². The van der Waals surface area contributed by atoms with Crippen LogP contribution < -0.4 is 5.32 Å². The van der Waals surface area contributed by atoms with Crippen molar-refractivity contribution in [3.05, 3.63) is 24.3 Å². The van der Waals surface area contributed by atoms with E-state index < -0.39 is 74.2 Å². The van der Waals surface area contributed by atoms with Crippen LogP contribution in [0.4, 0.5) is 0 Å². The Hall–Kier alpha value is -1.41. The lowest BCUT2D eigenvalue weighted by Gasteiger charge is -2.40. The molecule has 0 aromatic rings. The number of allylic oxidation sites excluding steroid dienone is 4. The summed E-state index contributed by atoms with van der Waals surface area (Å²) in [6.45, 7) is 3.21. The van der Waals surface area contributed by atoms with Gasteiger partial charge in [0, 0.05) is 0 Å². The minimum absolute atomic E-state index is 0.238. The van der Waals surface area contributed by atoms with Gasteiger partial charge in [0.25, 0.3) is 0 Å². The molecule has 1 fully saturated rings. The lowest BCUT2D eigenvalue weighted by molar-refractivity contribution is -0.303. The van der Waals surface area contributed by atoms with Crippen LogP contribution in [0.25, 0.3) is 0 Å². The highest BCUT2D eigenvalue weighted by atomic mass is 16.7. The third-order valence-corrected chi connectivity index (χ3v) is 7.98. The number of ether oxygens (including phenoxy) is 2. The molecule has 9 unspecified atom stereocenters. The monoisotopic (exact) mass is 631 g/mol. The molecule has 1 saturated heterocycles. The van der Waals surface area contributed by atoms with Gasteiger partial charge in [-0.15, -0.1) is 0 Å². The van der Waals surface area contributed by atoms with Crippen LogP contribution in [0, 0.1) is 0 Å². The van der Waals surface area contributed by atoms with Crippen molar-refractivity contribution in [2.45, 2.75) is 165 Å². The van der Waals surface area contributed by atoms with Crippen molar-refractivity contribution >= 4 is 5.91 Å². The van der Waals surface area contributed by atoms with Crippen molar-refractivity contribution in [1.82, 2.24) is 5.32 Å². The molecule has 1 amide bonds. The Labute approximate surface area is 264 Å². The number of nitrogens with one attached hydrogen (secondary N) is 1. The van der Waals surface area contributed by atoms with Crippen molar-refractivity contribution in [3.63, 3.8) is 0 Å². The second-order valence-electron chi connectivity index (χ2n) is 11.9. The molecule has 0 radical (unpaired) electrons. The highest BCUT2D eigenvalue weighted by molar-refractivity contribution is 5.80. The second kappa shape index (κ2) is 24.8. The third kappa shape index (κ3) is 16.2. The second-order valence-corrected chi connectivity index (χ2v) is 11.9. The molecule has 0 spiro atoms. The molecule has 0 aliphatic carbocycles. The number of carbonyl (C=O) groups is 1. The first kappa shape index (κ1) is 40.6. The summed E-state index contributed by atoms with van der Waals surface area (Å²) in [4.78, 5) is 12.9. The number of hydrogen-bond acceptors (Lipinski definition) is 10. The Morgan fingerprint density at radius 3 is 1.93 bits per heavy atom. The zero-order chi connectivity index (χ0) is 32.7. The molecule has 1 rings (SSSR count). The maximum Gasteiger partial charge on any atom is 0.249 e. The zero-order valence-corrected chi connectivity index (χ0v) is 26.9. The molecule has 11 nitrogen and oxygen atoms in total. The van der Waals surface area contributed by atoms with Crippen molar-refractivity contribution in [2.75, 3.05) is 13.2 Å². The SMILES string of the molecule is CCCC/C=C\CCCCCCC(O)C(=O)NC(COC1OC(CO)C(O)C(O)C1O)C(O)C(O)CCC/C=C/CCCC. The van der Waals surface area contributed by atoms with Gasteiger partial charge in [-0.2, -0.15) is 0 Å². The van der Waals surface area contributed by atoms with E-state index in [4.69, 9.17) is 9.47 Å². The minimum atomic E-state index is -1.66. The first-order valence-corrected chi connectivity index (χ1v) is 16.7. The van der Waals surface area contributed by atoms with Crippen LogP contribution in [0.2, 0.25) is 0 Å². The predicted octanol–water partition coefficient (Wildman–Crippen LogP) is 2.37. The van der Waals surface area contributed by atoms with E-state index in [1.165, 1.54) is 12.8 Å². The van der Waals surface area contributed by atoms with Crippen molar-refractivity contribution in [3.8, 4) is 0 Å². The minimum Gasteiger partial charge on any atom is -0.394 e. The van der Waals surface area contributed by atoms with E-state index >= 15 is 0 Å². The third-order valence-electron chi connectivity index (χ3n) is 7.98. The topological polar surface area (TPSA) is 189 Å². The Kier molecular flexibility index (Phi) is 22.9. The molecule has 11 heteroatoms. The number of aliphatic hydroxyl groups is 7. The van der Waals surface area contributed by atoms with Crippen LogP contribution in [0.5, 0.6) is 0 Å². The fraction of sp³-hybridized carbons (Fsp3) is 0.848. The molecule has 0 saturated carbocycles. The van der Waals surface area contributed by atoms with E-state index in [0.29, 0.717) is 12.8 Å². The number of carbonyl (C=O) groups excluding carboxylic acids is 1. The molecule has 1 aliphatic heterocycles. The summed E-state index contributed by atoms with van der Waals surface area (Å²) < 4.78 is 10.9. The number of rotatable bonds is 25. The molecule has 44 heavy (non-hydrogen) atoms. The Balaban J connectivity index is 2.68. The van der Waals surface area contributed by atoms with Gasteiger partial charge in [-0.25, -0.2) is 0 Å². The molecular formula is C33H61NO10. The fourth-order valence-electron chi connectivity index (χ4n) is 4.99. The summed E-state index contributed by atoms with van der Waals surface area (Å²) in [5.41, 5.74) is 0. The smallest absolute Gasteiger partial charge is 0.249 e. The van der Waals surface area contributed by atoms with Crippen LogP contribution in [0.3, 0.4) is 0 Å². The van der Waals surface area contributed by atoms with Crippen LogP contribution in [-0.4, -0.2) is 110 Å². The Morgan fingerprint density at radius 1 is 0.773 bits per heavy atom. The van der Waals surface area contributed by atoms with E-state index in [-0.39, 0.29) is 12.8 Å². The number of amides is 1. The summed E-state index contributed by atoms with van der Waals surface area (Å²) in [7, 11) is 0. The standard InChI is InChI=1S/C33H61NO10/c1-3-5-7-9-11-12-13-15-17-19-21-26(37)32(42)34-24(28(38)25(36)20-18-16-14-10-8-6-4-2)23-43-33-31(41)30(40)29(39)27(22-35)44-33/h9-11,14,24-31,33,35-41H,3-8,12-13,15-23H2,1-2H3,(H,34,42)/b11-9-,14-10+. The van der Waals surface area contributed by atoms with Crippen molar-refractivity contribution < 1.29 is 50.0 Å². The van der Waals surface area contributed by atoms with Gasteiger partial charge in [0.05, 0.1) is 25.4 Å². The normalized spacial score (nSPS) is 25.3. The van der Waals surface area contributed by atoms with Crippen LogP contribution in [-0.2, 0) is 14.3 Å². The van der Waals surface area contributed by atoms with Gasteiger partial charge in [-0.3, -0.25) is 4.79 Å². The highest BCUT2D eigenvalue weighted by Gasteiger charge is 2.44. The van der Waals surface area contributed by atoms with Gasteiger partial charge in [-0.1, -0.05) is 83.1 Å². The predicted molar refractivity (Wildman–Crippen MR) is 169 cm³/mol. The van der Waals surface area contributed by atoms with Crippen LogP contribution >= 0.6 is 0 Å². The van der Waals surface area contributed by atoms with Gasteiger partial charge in [0.1, 0.15) is 36.6 Å². The van der Waals surface area contributed by atoms with Crippen LogP contribution in [0.15, 0.2) is 24.3 Å². The number of hydrogen-bond donors (Lipinski definition) is 8.